The highest BCUT2D eigenvalue weighted by molar-refractivity contribution is 9.10. The molecule has 0 aliphatic heterocycles. The van der Waals surface area contributed by atoms with E-state index in [9.17, 15) is 0 Å². The van der Waals surface area contributed by atoms with Crippen LogP contribution < -0.4 is 10.6 Å². The number of nitrogens with zero attached hydrogens (tertiary/aromatic N) is 3. The molecule has 0 aliphatic rings. The molecule has 2 rings (SSSR count). The van der Waals surface area contributed by atoms with E-state index in [1.54, 1.807) is 11.3 Å². The topological polar surface area (TPSA) is 47.1 Å². The number of rotatable bonds is 3. The van der Waals surface area contributed by atoms with Crippen LogP contribution in [0.2, 0.25) is 0 Å². The largest absolute Gasteiger partial charge is 0.394 e. The molecular weight excluding hydrogens is 300 g/mol. The molecule has 0 radical (unpaired) electrons. The average Bonchev–Trinajstić information content (AvgIpc) is 2.73. The first kappa shape index (κ1) is 12.4. The summed E-state index contributed by atoms with van der Waals surface area (Å²) < 4.78 is 2.95. The first-order valence-electron chi connectivity index (χ1n) is 5.22. The van der Waals surface area contributed by atoms with E-state index in [4.69, 9.17) is 5.73 Å². The van der Waals surface area contributed by atoms with Crippen molar-refractivity contribution in [1.82, 2.24) is 9.78 Å². The lowest BCUT2D eigenvalue weighted by Crippen LogP contribution is -2.19. The molecule has 0 unspecified atom stereocenters. The minimum absolute atomic E-state index is 0.755. The molecule has 92 valence electrons. The van der Waals surface area contributed by atoms with Crippen molar-refractivity contribution in [2.75, 3.05) is 17.7 Å². The lowest BCUT2D eigenvalue weighted by atomic mass is 10.3. The molecule has 0 saturated carbocycles. The number of aryl methyl sites for hydroxylation is 2. The van der Waals surface area contributed by atoms with Crippen molar-refractivity contribution in [1.29, 1.82) is 0 Å². The second-order valence-electron chi connectivity index (χ2n) is 4.03. The van der Waals surface area contributed by atoms with E-state index in [1.807, 2.05) is 25.7 Å². The number of aromatic nitrogens is 2. The van der Waals surface area contributed by atoms with Crippen LogP contribution in [0, 0.1) is 6.92 Å². The summed E-state index contributed by atoms with van der Waals surface area (Å²) >= 11 is 5.19. The average molecular weight is 315 g/mol. The molecule has 6 heteroatoms. The van der Waals surface area contributed by atoms with Gasteiger partial charge in [0.25, 0.3) is 0 Å². The predicted octanol–water partition coefficient (Wildman–Crippen LogP) is 2.77. The van der Waals surface area contributed by atoms with Crippen LogP contribution in [0.3, 0.4) is 0 Å². The van der Waals surface area contributed by atoms with Gasteiger partial charge in [-0.3, -0.25) is 4.68 Å². The van der Waals surface area contributed by atoms with Crippen LogP contribution in [0.4, 0.5) is 11.5 Å². The highest BCUT2D eigenvalue weighted by atomic mass is 79.9. The van der Waals surface area contributed by atoms with Crippen molar-refractivity contribution in [3.63, 3.8) is 0 Å². The van der Waals surface area contributed by atoms with Crippen LogP contribution in [-0.2, 0) is 13.6 Å². The third-order valence-corrected chi connectivity index (χ3v) is 4.30. The Labute approximate surface area is 113 Å². The standard InChI is InChI=1S/C11H15BrN4S/c1-7-10(13)11(16(3)14-7)15(2)5-9-4-8(12)6-17-9/h4,6H,5,13H2,1-3H3. The summed E-state index contributed by atoms with van der Waals surface area (Å²) in [7, 11) is 3.94. The fourth-order valence-electron chi connectivity index (χ4n) is 1.86. The van der Waals surface area contributed by atoms with Crippen molar-refractivity contribution in [3.8, 4) is 0 Å². The minimum atomic E-state index is 0.755. The Morgan fingerprint density at radius 2 is 2.29 bits per heavy atom. The van der Waals surface area contributed by atoms with Crippen molar-refractivity contribution >= 4 is 38.8 Å². The smallest absolute Gasteiger partial charge is 0.150 e. The summed E-state index contributed by atoms with van der Waals surface area (Å²) in [4.78, 5) is 3.41. The van der Waals surface area contributed by atoms with Crippen molar-refractivity contribution < 1.29 is 0 Å². The SMILES string of the molecule is Cc1nn(C)c(N(C)Cc2cc(Br)cs2)c1N. The van der Waals surface area contributed by atoms with Crippen LogP contribution in [-0.4, -0.2) is 16.8 Å². The maximum absolute atomic E-state index is 6.03. The molecule has 2 aromatic rings. The van der Waals surface area contributed by atoms with E-state index in [-0.39, 0.29) is 0 Å². The third-order valence-electron chi connectivity index (χ3n) is 2.61. The van der Waals surface area contributed by atoms with Gasteiger partial charge in [0.15, 0.2) is 0 Å². The summed E-state index contributed by atoms with van der Waals surface area (Å²) in [6, 6.07) is 2.13. The fraction of sp³-hybridized carbons (Fsp3) is 0.364. The van der Waals surface area contributed by atoms with Gasteiger partial charge in [0.2, 0.25) is 0 Å². The van der Waals surface area contributed by atoms with Gasteiger partial charge >= 0.3 is 0 Å². The number of hydrogen-bond donors (Lipinski definition) is 1. The van der Waals surface area contributed by atoms with Crippen LogP contribution in [0.5, 0.6) is 0 Å². The van der Waals surface area contributed by atoms with Crippen LogP contribution in [0.25, 0.3) is 0 Å². The second kappa shape index (κ2) is 4.70. The van der Waals surface area contributed by atoms with Crippen LogP contribution in [0.1, 0.15) is 10.6 Å². The summed E-state index contributed by atoms with van der Waals surface area (Å²) in [6.45, 7) is 2.76. The summed E-state index contributed by atoms with van der Waals surface area (Å²) in [5, 5.41) is 6.41. The fourth-order valence-corrected chi connectivity index (χ4v) is 3.36. The quantitative estimate of drug-likeness (QED) is 0.947. The molecular formula is C11H15BrN4S. The second-order valence-corrected chi connectivity index (χ2v) is 5.95. The Bertz CT molecular complexity index is 532. The molecule has 0 aromatic carbocycles. The van der Waals surface area contributed by atoms with Gasteiger partial charge in [-0.1, -0.05) is 0 Å². The number of anilines is 2. The first-order chi connectivity index (χ1) is 7.99. The van der Waals surface area contributed by atoms with Gasteiger partial charge < -0.3 is 10.6 Å². The molecule has 0 aliphatic carbocycles. The Hall–Kier alpha value is -1.01. The zero-order valence-electron chi connectivity index (χ0n) is 10.1. The number of nitrogen functional groups attached to an aromatic ring is 1. The summed E-state index contributed by atoms with van der Waals surface area (Å²) in [5.74, 6) is 0.965. The van der Waals surface area contributed by atoms with Crippen molar-refractivity contribution in [2.45, 2.75) is 13.5 Å². The Morgan fingerprint density at radius 3 is 2.76 bits per heavy atom. The molecule has 2 N–H and O–H groups in total. The molecule has 17 heavy (non-hydrogen) atoms. The molecule has 0 amide bonds. The van der Waals surface area contributed by atoms with Crippen LogP contribution in [0.15, 0.2) is 15.9 Å². The Balaban J connectivity index is 2.22. The van der Waals surface area contributed by atoms with Gasteiger partial charge in [-0.15, -0.1) is 11.3 Å². The molecule has 0 bridgehead atoms. The molecule has 0 spiro atoms. The molecule has 0 saturated heterocycles. The monoisotopic (exact) mass is 314 g/mol. The van der Waals surface area contributed by atoms with Gasteiger partial charge in [0.05, 0.1) is 17.9 Å². The van der Waals surface area contributed by atoms with Gasteiger partial charge in [-0.05, 0) is 28.9 Å². The first-order valence-corrected chi connectivity index (χ1v) is 6.89. The van der Waals surface area contributed by atoms with Gasteiger partial charge in [-0.2, -0.15) is 5.10 Å². The van der Waals surface area contributed by atoms with E-state index in [0.717, 1.165) is 28.2 Å². The molecule has 2 aromatic heterocycles. The molecule has 2 heterocycles. The third kappa shape index (κ3) is 2.47. The minimum Gasteiger partial charge on any atom is -0.394 e. The Morgan fingerprint density at radius 1 is 1.59 bits per heavy atom. The van der Waals surface area contributed by atoms with Crippen molar-refractivity contribution in [3.05, 3.63) is 26.5 Å². The lowest BCUT2D eigenvalue weighted by molar-refractivity contribution is 0.729. The van der Waals surface area contributed by atoms with Gasteiger partial charge in [0, 0.05) is 28.8 Å². The van der Waals surface area contributed by atoms with E-state index < -0.39 is 0 Å². The zero-order valence-corrected chi connectivity index (χ0v) is 12.5. The van der Waals surface area contributed by atoms with E-state index in [0.29, 0.717) is 0 Å². The molecule has 0 fully saturated rings. The number of halogens is 1. The highest BCUT2D eigenvalue weighted by Gasteiger charge is 2.14. The highest BCUT2D eigenvalue weighted by Crippen LogP contribution is 2.27. The molecule has 0 atom stereocenters. The number of thiophene rings is 1. The van der Waals surface area contributed by atoms with Crippen molar-refractivity contribution in [2.24, 2.45) is 7.05 Å². The lowest BCUT2D eigenvalue weighted by Gasteiger charge is -2.19. The van der Waals surface area contributed by atoms with Crippen LogP contribution >= 0.6 is 27.3 Å². The zero-order chi connectivity index (χ0) is 12.6. The summed E-state index contributed by atoms with van der Waals surface area (Å²) in [5.41, 5.74) is 7.66. The van der Waals surface area contributed by atoms with Gasteiger partial charge in [0.1, 0.15) is 5.82 Å². The predicted molar refractivity (Wildman–Crippen MR) is 76.5 cm³/mol. The maximum atomic E-state index is 6.03. The normalized spacial score (nSPS) is 10.8. The van der Waals surface area contributed by atoms with E-state index in [1.165, 1.54) is 4.88 Å². The summed E-state index contributed by atoms with van der Waals surface area (Å²) in [6.07, 6.45) is 0. The van der Waals surface area contributed by atoms with E-state index >= 15 is 0 Å². The number of hydrogen-bond acceptors (Lipinski definition) is 4. The Kier molecular flexibility index (Phi) is 3.44. The number of nitrogens with two attached hydrogens (primary N) is 1. The van der Waals surface area contributed by atoms with E-state index in [2.05, 4.69) is 37.4 Å². The maximum Gasteiger partial charge on any atom is 0.150 e. The van der Waals surface area contributed by atoms with Gasteiger partial charge in [-0.25, -0.2) is 0 Å². The molecule has 4 nitrogen and oxygen atoms in total.